The highest BCUT2D eigenvalue weighted by Crippen LogP contribution is 2.27. The molecule has 12 nitrogen and oxygen atoms in total. The van der Waals surface area contributed by atoms with Crippen molar-refractivity contribution in [3.05, 3.63) is 0 Å². The van der Waals surface area contributed by atoms with Gasteiger partial charge in [-0.05, 0) is 27.7 Å². The molecule has 0 spiro atoms. The maximum Gasteiger partial charge on any atom is 0.489 e. The molecule has 0 aromatic heterocycles. The minimum absolute atomic E-state index is 0.0468. The number of hydrogen-bond donors (Lipinski definition) is 0. The minimum atomic E-state index is -1.44. The molecule has 2 aliphatic heterocycles. The first-order valence-electron chi connectivity index (χ1n) is 9.66. The van der Waals surface area contributed by atoms with Gasteiger partial charge in [0.1, 0.15) is 0 Å². The van der Waals surface area contributed by atoms with Crippen LogP contribution < -0.4 is 0 Å². The third-order valence-electron chi connectivity index (χ3n) is 3.97. The fourth-order valence-corrected chi connectivity index (χ4v) is 2.80. The van der Waals surface area contributed by atoms with Gasteiger partial charge in [0, 0.05) is 0 Å². The summed E-state index contributed by atoms with van der Waals surface area (Å²) in [6.07, 6.45) is -5.76. The third-order valence-corrected chi connectivity index (χ3v) is 3.97. The van der Waals surface area contributed by atoms with Gasteiger partial charge < -0.3 is 37.6 Å². The van der Waals surface area contributed by atoms with E-state index in [-0.39, 0.29) is 26.4 Å². The minimum Gasteiger partial charge on any atom is -0.464 e. The Bertz CT molecular complexity index is 538. The Morgan fingerprint density at radius 2 is 0.733 bits per heavy atom. The summed E-state index contributed by atoms with van der Waals surface area (Å²) in [6, 6.07) is 0. The van der Waals surface area contributed by atoms with Gasteiger partial charge >= 0.3 is 37.9 Å². The lowest BCUT2D eigenvalue weighted by atomic mass is 9.49. The van der Waals surface area contributed by atoms with Gasteiger partial charge in [0.25, 0.3) is 0 Å². The van der Waals surface area contributed by atoms with Crippen molar-refractivity contribution in [3.63, 3.8) is 0 Å². The van der Waals surface area contributed by atoms with E-state index < -0.39 is 62.3 Å². The summed E-state index contributed by atoms with van der Waals surface area (Å²) in [5, 5.41) is 0. The third kappa shape index (κ3) is 5.50. The Balaban J connectivity index is 2.18. The van der Waals surface area contributed by atoms with E-state index in [1.807, 2.05) is 0 Å². The van der Waals surface area contributed by atoms with E-state index in [0.29, 0.717) is 0 Å². The Morgan fingerprint density at radius 3 is 0.900 bits per heavy atom. The molecule has 0 bridgehead atoms. The molecule has 0 amide bonds. The number of rotatable bonds is 9. The molecule has 14 heteroatoms. The Labute approximate surface area is 174 Å². The smallest absolute Gasteiger partial charge is 0.464 e. The summed E-state index contributed by atoms with van der Waals surface area (Å²) in [5.74, 6) is -3.39. The average molecular weight is 430 g/mol. The first-order valence-corrected chi connectivity index (χ1v) is 9.66. The molecular weight excluding hydrogens is 406 g/mol. The van der Waals surface area contributed by atoms with Crippen LogP contribution in [0.25, 0.3) is 0 Å². The van der Waals surface area contributed by atoms with E-state index in [9.17, 15) is 19.2 Å². The predicted molar refractivity (Wildman–Crippen MR) is 97.5 cm³/mol. The number of carbonyl (C=O) groups excluding carboxylic acids is 4. The molecule has 0 N–H and O–H groups in total. The molecule has 2 fully saturated rings. The van der Waals surface area contributed by atoms with Crippen molar-refractivity contribution in [2.45, 2.75) is 52.1 Å². The van der Waals surface area contributed by atoms with Gasteiger partial charge in [0.05, 0.1) is 26.4 Å². The van der Waals surface area contributed by atoms with Crippen LogP contribution in [-0.2, 0) is 56.7 Å². The molecular formula is C16H24B2O12. The van der Waals surface area contributed by atoms with E-state index in [4.69, 9.17) is 37.6 Å². The molecule has 2 rings (SSSR count). The summed E-state index contributed by atoms with van der Waals surface area (Å²) in [7, 11) is -2.85. The second kappa shape index (κ2) is 11.3. The Kier molecular flexibility index (Phi) is 9.08. The van der Waals surface area contributed by atoms with Crippen LogP contribution in [-0.4, -0.2) is 88.7 Å². The highest BCUT2D eigenvalue weighted by Gasteiger charge is 2.61. The van der Waals surface area contributed by atoms with Crippen molar-refractivity contribution in [1.82, 2.24) is 0 Å². The van der Waals surface area contributed by atoms with Gasteiger partial charge in [-0.15, -0.1) is 0 Å². The predicted octanol–water partition coefficient (Wildman–Crippen LogP) is -1.14. The molecule has 2 aliphatic rings. The lowest BCUT2D eigenvalue weighted by Crippen LogP contribution is -2.41. The van der Waals surface area contributed by atoms with Gasteiger partial charge in [-0.2, -0.15) is 0 Å². The van der Waals surface area contributed by atoms with E-state index in [1.54, 1.807) is 27.7 Å². The maximum atomic E-state index is 12.2. The van der Waals surface area contributed by atoms with Crippen LogP contribution in [0.1, 0.15) is 27.7 Å². The molecule has 0 unspecified atom stereocenters. The summed E-state index contributed by atoms with van der Waals surface area (Å²) in [4.78, 5) is 48.7. The molecule has 2 saturated heterocycles. The number of ether oxygens (including phenoxy) is 4. The zero-order valence-electron chi connectivity index (χ0n) is 17.2. The maximum absolute atomic E-state index is 12.2. The lowest BCUT2D eigenvalue weighted by molar-refractivity contribution is -0.163. The standard InChI is InChI=1S/C16H24B2O12/c1-5-23-13(19)9-10(14(20)24-6-2)28-17(27-9)18-29-11(15(21)25-7-3)12(30-18)16(22)26-8-4/h9-12H,5-8H2,1-4H3/t9-,10-,11-,12-/m0/s1. The molecule has 166 valence electrons. The van der Waals surface area contributed by atoms with Crippen LogP contribution in [0.3, 0.4) is 0 Å². The van der Waals surface area contributed by atoms with Crippen molar-refractivity contribution in [2.24, 2.45) is 0 Å². The summed E-state index contributed by atoms with van der Waals surface area (Å²) >= 11 is 0. The molecule has 4 atom stereocenters. The zero-order valence-corrected chi connectivity index (χ0v) is 17.2. The van der Waals surface area contributed by atoms with E-state index in [0.717, 1.165) is 0 Å². The first-order chi connectivity index (χ1) is 14.4. The van der Waals surface area contributed by atoms with Crippen molar-refractivity contribution in [3.8, 4) is 0 Å². The van der Waals surface area contributed by atoms with Gasteiger partial charge in [-0.3, -0.25) is 0 Å². The molecule has 2 heterocycles. The topological polar surface area (TPSA) is 142 Å². The van der Waals surface area contributed by atoms with E-state index >= 15 is 0 Å². The fourth-order valence-electron chi connectivity index (χ4n) is 2.80. The first kappa shape index (κ1) is 24.1. The fraction of sp³-hybridized carbons (Fsp3) is 0.750. The van der Waals surface area contributed by atoms with E-state index in [2.05, 4.69) is 0 Å². The summed E-state index contributed by atoms with van der Waals surface area (Å²) in [5.41, 5.74) is 0. The summed E-state index contributed by atoms with van der Waals surface area (Å²) < 4.78 is 41.4. The second-order valence-corrected chi connectivity index (χ2v) is 5.97. The summed E-state index contributed by atoms with van der Waals surface area (Å²) in [6.45, 7) is 6.53. The molecule has 0 aromatic rings. The van der Waals surface area contributed by atoms with Crippen molar-refractivity contribution in [2.75, 3.05) is 26.4 Å². The van der Waals surface area contributed by atoms with Crippen molar-refractivity contribution >= 4 is 37.9 Å². The van der Waals surface area contributed by atoms with Crippen LogP contribution in [0.4, 0.5) is 0 Å². The largest absolute Gasteiger partial charge is 0.489 e. The quantitative estimate of drug-likeness (QED) is 0.248. The Morgan fingerprint density at radius 1 is 0.533 bits per heavy atom. The van der Waals surface area contributed by atoms with Crippen LogP contribution in [0.15, 0.2) is 0 Å². The molecule has 30 heavy (non-hydrogen) atoms. The monoisotopic (exact) mass is 430 g/mol. The van der Waals surface area contributed by atoms with Gasteiger partial charge in [-0.1, -0.05) is 0 Å². The second-order valence-electron chi connectivity index (χ2n) is 5.97. The lowest BCUT2D eigenvalue weighted by Gasteiger charge is -2.15. The number of hydrogen-bond acceptors (Lipinski definition) is 12. The van der Waals surface area contributed by atoms with Gasteiger partial charge in [-0.25, -0.2) is 19.2 Å². The highest BCUT2D eigenvalue weighted by molar-refractivity contribution is 7.11. The highest BCUT2D eigenvalue weighted by atomic mass is 16.7. The zero-order chi connectivity index (χ0) is 22.3. The number of carbonyl (C=O) groups is 4. The average Bonchev–Trinajstić information content (AvgIpc) is 3.34. The molecule has 0 radical (unpaired) electrons. The Hall–Kier alpha value is -2.15. The number of esters is 4. The van der Waals surface area contributed by atoms with Gasteiger partial charge in [0.15, 0.2) is 24.4 Å². The molecule has 0 saturated carbocycles. The van der Waals surface area contributed by atoms with Crippen LogP contribution in [0, 0.1) is 0 Å². The SMILES string of the molecule is CCOC(=O)[C@H]1OB(B2O[C@H](C(=O)OCC)[C@@H](C(=O)OCC)O2)O[C@@H]1C(=O)OCC. The van der Waals surface area contributed by atoms with E-state index in [1.165, 1.54) is 0 Å². The van der Waals surface area contributed by atoms with Gasteiger partial charge in [0.2, 0.25) is 0 Å². The van der Waals surface area contributed by atoms with Crippen molar-refractivity contribution in [1.29, 1.82) is 0 Å². The van der Waals surface area contributed by atoms with Crippen LogP contribution in [0.2, 0.25) is 0 Å². The van der Waals surface area contributed by atoms with Crippen LogP contribution in [0.5, 0.6) is 0 Å². The molecule has 0 aromatic carbocycles. The van der Waals surface area contributed by atoms with Crippen LogP contribution >= 0.6 is 0 Å². The van der Waals surface area contributed by atoms with Crippen molar-refractivity contribution < 1.29 is 56.7 Å². The normalized spacial score (nSPS) is 25.7. The molecule has 0 aliphatic carbocycles.